The van der Waals surface area contributed by atoms with E-state index in [9.17, 15) is 36.6 Å². The van der Waals surface area contributed by atoms with Crippen molar-refractivity contribution in [2.24, 2.45) is 5.10 Å². The van der Waals surface area contributed by atoms with Gasteiger partial charge in [0.2, 0.25) is 0 Å². The first kappa shape index (κ1) is 36.9. The summed E-state index contributed by atoms with van der Waals surface area (Å²) in [7, 11) is 0. The lowest BCUT2D eigenvalue weighted by Gasteiger charge is -2.37. The lowest BCUT2D eigenvalue weighted by atomic mass is 9.86. The van der Waals surface area contributed by atoms with Gasteiger partial charge in [-0.3, -0.25) is 9.80 Å². The van der Waals surface area contributed by atoms with E-state index in [1.807, 2.05) is 30.9 Å². The van der Waals surface area contributed by atoms with E-state index in [0.717, 1.165) is 44.4 Å². The minimum atomic E-state index is -4.36. The normalized spacial score (nSPS) is 15.0. The van der Waals surface area contributed by atoms with Crippen LogP contribution >= 0.6 is 0 Å². The summed E-state index contributed by atoms with van der Waals surface area (Å²) in [6.45, 7) is 4.98. The number of rotatable bonds is 13. The summed E-state index contributed by atoms with van der Waals surface area (Å²) >= 11 is 0. The molecule has 0 saturated carbocycles. The summed E-state index contributed by atoms with van der Waals surface area (Å²) in [5.41, 5.74) is -0.727. The fourth-order valence-electron chi connectivity index (χ4n) is 5.75. The molecule has 0 unspecified atom stereocenters. The van der Waals surface area contributed by atoms with Gasteiger partial charge in [0, 0.05) is 25.1 Å². The maximum Gasteiger partial charge on any atom is 0.350 e. The molecule has 0 aliphatic carbocycles. The number of hydrazone groups is 1. The highest BCUT2D eigenvalue weighted by atomic mass is 19.3. The molecule has 0 bridgehead atoms. The Morgan fingerprint density at radius 1 is 1.04 bits per heavy atom. The Morgan fingerprint density at radius 3 is 2.31 bits per heavy atom. The van der Waals surface area contributed by atoms with Crippen LogP contribution in [0.25, 0.3) is 5.69 Å². The zero-order valence-electron chi connectivity index (χ0n) is 27.9. The molecule has 1 aliphatic heterocycles. The Hall–Kier alpha value is -5.32. The van der Waals surface area contributed by atoms with Crippen molar-refractivity contribution in [2.75, 3.05) is 19.8 Å². The van der Waals surface area contributed by atoms with Gasteiger partial charge in [-0.15, -0.1) is 0 Å². The second kappa shape index (κ2) is 14.5. The Labute approximate surface area is 287 Å². The number of esters is 1. The molecular formula is C34H34F6N6O5. The van der Waals surface area contributed by atoms with Crippen molar-refractivity contribution in [3.8, 4) is 17.2 Å². The maximum absolute atomic E-state index is 15.3. The van der Waals surface area contributed by atoms with Crippen LogP contribution < -0.4 is 15.2 Å². The molecule has 0 amide bonds. The largest absolute Gasteiger partial charge is 0.487 e. The minimum Gasteiger partial charge on any atom is -0.487 e. The molecule has 0 spiro atoms. The van der Waals surface area contributed by atoms with Crippen molar-refractivity contribution in [1.29, 1.82) is 0 Å². The minimum absolute atomic E-state index is 0.142. The highest BCUT2D eigenvalue weighted by molar-refractivity contribution is 5.70. The zero-order valence-corrected chi connectivity index (χ0v) is 27.9. The quantitative estimate of drug-likeness (QED) is 0.113. The Morgan fingerprint density at radius 2 is 1.71 bits per heavy atom. The molecule has 1 aromatic heterocycles. The number of aromatic nitrogens is 3. The standard InChI is InChI=1S/C34H34F6N6O5/c1-20-11-24(12-21(2)30(20)51-23(4)47)14-43-17-41-44(19-43)15-33(49,28-10-5-25(35)13-29(28)36)22(3)46-32(48)45(18-42-46)26-6-8-27(9-7-26)50-16-34(39,40)31(37)38/h5-13,17-18,22,31,49H,14-16,19H2,1-4H3/t22-,33-/m1/s1. The average molecular weight is 721 g/mol. The van der Waals surface area contributed by atoms with Gasteiger partial charge >= 0.3 is 24.0 Å². The van der Waals surface area contributed by atoms with Gasteiger partial charge in [-0.05, 0) is 67.8 Å². The first-order valence-electron chi connectivity index (χ1n) is 15.5. The van der Waals surface area contributed by atoms with E-state index in [2.05, 4.69) is 10.2 Å². The summed E-state index contributed by atoms with van der Waals surface area (Å²) in [4.78, 5) is 26.9. The smallest absolute Gasteiger partial charge is 0.350 e. The highest BCUT2D eigenvalue weighted by Gasteiger charge is 2.44. The van der Waals surface area contributed by atoms with Crippen LogP contribution in [0, 0.1) is 25.5 Å². The van der Waals surface area contributed by atoms with E-state index < -0.39 is 53.9 Å². The van der Waals surface area contributed by atoms with Crippen molar-refractivity contribution < 1.29 is 45.7 Å². The third-order valence-corrected chi connectivity index (χ3v) is 8.31. The molecule has 3 aromatic carbocycles. The fraction of sp³-hybridized carbons (Fsp3) is 0.353. The van der Waals surface area contributed by atoms with Gasteiger partial charge in [0.15, 0.2) is 6.61 Å². The Kier molecular flexibility index (Phi) is 10.5. The molecule has 11 nitrogen and oxygen atoms in total. The number of alkyl halides is 4. The van der Waals surface area contributed by atoms with Crippen LogP contribution in [-0.4, -0.2) is 73.8 Å². The van der Waals surface area contributed by atoms with Crippen LogP contribution in [0.4, 0.5) is 26.3 Å². The second-order valence-electron chi connectivity index (χ2n) is 12.2. The lowest BCUT2D eigenvalue weighted by molar-refractivity contribution is -0.148. The molecule has 1 N–H and O–H groups in total. The number of aliphatic hydroxyl groups is 1. The number of halogens is 6. The molecule has 4 aromatic rings. The third-order valence-electron chi connectivity index (χ3n) is 8.31. The van der Waals surface area contributed by atoms with E-state index in [0.29, 0.717) is 18.4 Å². The monoisotopic (exact) mass is 720 g/mol. The molecule has 51 heavy (non-hydrogen) atoms. The van der Waals surface area contributed by atoms with E-state index in [1.54, 1.807) is 0 Å². The maximum atomic E-state index is 15.3. The van der Waals surface area contributed by atoms with Crippen molar-refractivity contribution in [3.63, 3.8) is 0 Å². The SMILES string of the molecule is CC(=O)Oc1c(C)cc(CN2C=NN(C[C@](O)(c3ccc(F)cc3F)[C@@H](C)n3ncn(-c4ccc(OCC(F)(F)C(F)F)cc4)c3=O)C2)cc1C. The van der Waals surface area contributed by atoms with Crippen LogP contribution in [0.5, 0.6) is 11.5 Å². The molecular weight excluding hydrogens is 686 g/mol. The summed E-state index contributed by atoms with van der Waals surface area (Å²) in [6.07, 6.45) is -1.26. The molecule has 2 heterocycles. The predicted octanol–water partition coefficient (Wildman–Crippen LogP) is 5.30. The van der Waals surface area contributed by atoms with E-state index in [1.165, 1.54) is 49.5 Å². The summed E-state index contributed by atoms with van der Waals surface area (Å²) in [5, 5.41) is 22.2. The number of hydrogen-bond donors (Lipinski definition) is 1. The summed E-state index contributed by atoms with van der Waals surface area (Å²) in [5.74, 6) is -6.42. The Balaban J connectivity index is 1.37. The fourth-order valence-corrected chi connectivity index (χ4v) is 5.75. The molecule has 0 radical (unpaired) electrons. The number of β-amino-alcohol motifs (C(OH)–C–C–N with tert-alkyl or cyclic N) is 1. The molecule has 272 valence electrons. The van der Waals surface area contributed by atoms with Crippen LogP contribution in [-0.2, 0) is 16.9 Å². The second-order valence-corrected chi connectivity index (χ2v) is 12.2. The first-order valence-corrected chi connectivity index (χ1v) is 15.5. The van der Waals surface area contributed by atoms with Crippen molar-refractivity contribution in [1.82, 2.24) is 24.3 Å². The molecule has 1 aliphatic rings. The van der Waals surface area contributed by atoms with E-state index in [4.69, 9.17) is 9.47 Å². The van der Waals surface area contributed by atoms with Crippen LogP contribution in [0.1, 0.15) is 42.1 Å². The van der Waals surface area contributed by atoms with E-state index >= 15 is 4.39 Å². The van der Waals surface area contributed by atoms with Crippen molar-refractivity contribution in [2.45, 2.75) is 58.2 Å². The number of benzene rings is 3. The topological polar surface area (TPSA) is 114 Å². The van der Waals surface area contributed by atoms with Gasteiger partial charge < -0.3 is 19.5 Å². The van der Waals surface area contributed by atoms with Gasteiger partial charge in [-0.2, -0.15) is 19.0 Å². The molecule has 0 fully saturated rings. The molecule has 2 atom stereocenters. The summed E-state index contributed by atoms with van der Waals surface area (Å²) < 4.78 is 92.8. The van der Waals surface area contributed by atoms with Crippen LogP contribution in [0.15, 0.2) is 70.8 Å². The number of nitrogens with zero attached hydrogens (tertiary/aromatic N) is 6. The number of hydrogen-bond acceptors (Lipinski definition) is 9. The Bertz CT molecular complexity index is 1960. The van der Waals surface area contributed by atoms with Crippen molar-refractivity contribution >= 4 is 12.3 Å². The van der Waals surface area contributed by atoms with E-state index in [-0.39, 0.29) is 30.2 Å². The third kappa shape index (κ3) is 8.03. The highest BCUT2D eigenvalue weighted by Crippen LogP contribution is 2.36. The number of ether oxygens (including phenoxy) is 2. The average Bonchev–Trinajstić information content (AvgIpc) is 3.66. The van der Waals surface area contributed by atoms with Gasteiger partial charge in [0.05, 0.1) is 18.3 Å². The molecule has 5 rings (SSSR count). The first-order chi connectivity index (χ1) is 24.0. The summed E-state index contributed by atoms with van der Waals surface area (Å²) in [6, 6.07) is 10.1. The predicted molar refractivity (Wildman–Crippen MR) is 172 cm³/mol. The number of carbonyl (C=O) groups is 1. The van der Waals surface area contributed by atoms with Gasteiger partial charge in [0.25, 0.3) is 0 Å². The lowest BCUT2D eigenvalue weighted by Crippen LogP contribution is -2.48. The van der Waals surface area contributed by atoms with Gasteiger partial charge in [0.1, 0.15) is 48.1 Å². The number of aryl methyl sites for hydroxylation is 2. The molecule has 17 heteroatoms. The van der Waals surface area contributed by atoms with Gasteiger partial charge in [-0.1, -0.05) is 18.2 Å². The van der Waals surface area contributed by atoms with Crippen molar-refractivity contribution in [3.05, 3.63) is 105 Å². The van der Waals surface area contributed by atoms with Crippen LogP contribution in [0.3, 0.4) is 0 Å². The zero-order chi connectivity index (χ0) is 37.2. The number of carbonyl (C=O) groups excluding carboxylic acids is 1. The molecule has 0 saturated heterocycles. The van der Waals surface area contributed by atoms with Gasteiger partial charge in [-0.25, -0.2) is 31.6 Å². The van der Waals surface area contributed by atoms with Crippen LogP contribution in [0.2, 0.25) is 0 Å².